The standard InChI is InChI=1S/C47H31N5/c1-3-24-49-44(8-1)52(45-9-2-4-25-50-45)41-21-20-36-28-33(14-17-37(36)30-41)11-10-32-12-15-34(16-13-32)39-29-38-19-18-35-6-5-7-42-46(35)47(38)43(31-39)51(42)40-22-26-48-27-23-40/h1-31H/b11-10+. The molecule has 0 bridgehead atoms. The fraction of sp³-hybridized carbons (Fsp3) is 0. The Kier molecular flexibility index (Phi) is 7.07. The molecule has 5 nitrogen and oxygen atoms in total. The lowest BCUT2D eigenvalue weighted by Crippen LogP contribution is -2.12. The number of benzene rings is 6. The van der Waals surface area contributed by atoms with E-state index >= 15 is 0 Å². The van der Waals surface area contributed by atoms with Crippen molar-refractivity contribution in [2.75, 3.05) is 4.90 Å². The second-order valence-corrected chi connectivity index (χ2v) is 13.0. The van der Waals surface area contributed by atoms with Crippen LogP contribution in [-0.4, -0.2) is 19.5 Å². The Labute approximate surface area is 300 Å². The Morgan fingerprint density at radius 3 is 1.88 bits per heavy atom. The molecule has 0 saturated carbocycles. The summed E-state index contributed by atoms with van der Waals surface area (Å²) in [7, 11) is 0. The van der Waals surface area contributed by atoms with Crippen LogP contribution in [0.1, 0.15) is 11.1 Å². The fourth-order valence-electron chi connectivity index (χ4n) is 7.46. The molecule has 6 aromatic carbocycles. The Balaban J connectivity index is 0.949. The third-order valence-electron chi connectivity index (χ3n) is 9.89. The summed E-state index contributed by atoms with van der Waals surface area (Å²) in [5, 5.41) is 7.45. The Bertz CT molecular complexity index is 2840. The van der Waals surface area contributed by atoms with Gasteiger partial charge in [0.25, 0.3) is 0 Å². The first-order valence-electron chi connectivity index (χ1n) is 17.4. The van der Waals surface area contributed by atoms with Crippen LogP contribution in [0.2, 0.25) is 0 Å². The van der Waals surface area contributed by atoms with Crippen LogP contribution >= 0.6 is 0 Å². The predicted octanol–water partition coefficient (Wildman–Crippen LogP) is 12.0. The number of anilines is 3. The number of pyridine rings is 3. The maximum atomic E-state index is 4.62. The monoisotopic (exact) mass is 665 g/mol. The molecule has 0 aliphatic carbocycles. The van der Waals surface area contributed by atoms with Gasteiger partial charge in [-0.1, -0.05) is 91.0 Å². The summed E-state index contributed by atoms with van der Waals surface area (Å²) in [5.74, 6) is 1.65. The van der Waals surface area contributed by atoms with Crippen molar-refractivity contribution >= 4 is 72.8 Å². The van der Waals surface area contributed by atoms with Crippen LogP contribution in [-0.2, 0) is 0 Å². The molecule has 5 heteroatoms. The smallest absolute Gasteiger partial charge is 0.138 e. The summed E-state index contributed by atoms with van der Waals surface area (Å²) in [5.41, 5.74) is 9.23. The molecule has 0 aliphatic rings. The van der Waals surface area contributed by atoms with Gasteiger partial charge < -0.3 is 4.57 Å². The molecular formula is C47H31N5. The number of aromatic nitrogens is 4. The summed E-state index contributed by atoms with van der Waals surface area (Å²) in [4.78, 5) is 15.6. The van der Waals surface area contributed by atoms with Crippen LogP contribution in [0, 0.1) is 0 Å². The second kappa shape index (κ2) is 12.3. The molecule has 0 N–H and O–H groups in total. The van der Waals surface area contributed by atoms with Gasteiger partial charge in [-0.15, -0.1) is 0 Å². The molecule has 4 heterocycles. The van der Waals surface area contributed by atoms with Crippen molar-refractivity contribution in [3.8, 4) is 16.8 Å². The van der Waals surface area contributed by atoms with Gasteiger partial charge in [0.1, 0.15) is 11.6 Å². The number of hydrogen-bond donors (Lipinski definition) is 0. The van der Waals surface area contributed by atoms with Crippen LogP contribution < -0.4 is 4.90 Å². The predicted molar refractivity (Wildman–Crippen MR) is 216 cm³/mol. The van der Waals surface area contributed by atoms with E-state index in [4.69, 9.17) is 0 Å². The van der Waals surface area contributed by atoms with Crippen molar-refractivity contribution in [3.63, 3.8) is 0 Å². The second-order valence-electron chi connectivity index (χ2n) is 13.0. The molecule has 0 saturated heterocycles. The minimum absolute atomic E-state index is 0.824. The molecule has 0 fully saturated rings. The van der Waals surface area contributed by atoms with E-state index in [0.29, 0.717) is 0 Å². The minimum Gasteiger partial charge on any atom is -0.309 e. The SMILES string of the molecule is C(=C\c1ccc2cc(N(c3ccccn3)c3ccccn3)ccc2c1)/c1ccc(-c2cc3ccc4cccc5c4c3c(c2)n5-c2ccncc2)cc1. The van der Waals surface area contributed by atoms with Crippen molar-refractivity contribution in [1.29, 1.82) is 0 Å². The van der Waals surface area contributed by atoms with E-state index in [0.717, 1.165) is 39.5 Å². The molecule has 0 unspecified atom stereocenters. The first kappa shape index (κ1) is 29.8. The third kappa shape index (κ3) is 5.15. The van der Waals surface area contributed by atoms with Gasteiger partial charge in [-0.25, -0.2) is 9.97 Å². The zero-order valence-corrected chi connectivity index (χ0v) is 28.1. The molecule has 52 heavy (non-hydrogen) atoms. The van der Waals surface area contributed by atoms with Gasteiger partial charge in [-0.2, -0.15) is 0 Å². The highest BCUT2D eigenvalue weighted by molar-refractivity contribution is 6.25. The van der Waals surface area contributed by atoms with Gasteiger partial charge in [0, 0.05) is 46.9 Å². The van der Waals surface area contributed by atoms with Gasteiger partial charge in [-0.05, 0) is 117 Å². The van der Waals surface area contributed by atoms with Crippen LogP contribution in [0.5, 0.6) is 0 Å². The van der Waals surface area contributed by atoms with Crippen molar-refractivity contribution in [3.05, 3.63) is 188 Å². The average molecular weight is 666 g/mol. The van der Waals surface area contributed by atoms with Crippen LogP contribution in [0.3, 0.4) is 0 Å². The Morgan fingerprint density at radius 2 is 1.12 bits per heavy atom. The zero-order valence-electron chi connectivity index (χ0n) is 28.1. The molecule has 4 aromatic heterocycles. The Morgan fingerprint density at radius 1 is 0.442 bits per heavy atom. The molecule has 0 aliphatic heterocycles. The lowest BCUT2D eigenvalue weighted by molar-refractivity contribution is 1.13. The number of fused-ring (bicyclic) bond motifs is 1. The fourth-order valence-corrected chi connectivity index (χ4v) is 7.46. The lowest BCUT2D eigenvalue weighted by Gasteiger charge is -2.23. The normalized spacial score (nSPS) is 11.8. The van der Waals surface area contributed by atoms with Crippen molar-refractivity contribution in [1.82, 2.24) is 19.5 Å². The van der Waals surface area contributed by atoms with Crippen molar-refractivity contribution in [2.45, 2.75) is 0 Å². The van der Waals surface area contributed by atoms with E-state index < -0.39 is 0 Å². The highest BCUT2D eigenvalue weighted by Gasteiger charge is 2.18. The highest BCUT2D eigenvalue weighted by atomic mass is 15.2. The van der Waals surface area contributed by atoms with E-state index in [9.17, 15) is 0 Å². The van der Waals surface area contributed by atoms with Gasteiger partial charge in [-0.3, -0.25) is 9.88 Å². The van der Waals surface area contributed by atoms with Gasteiger partial charge in [0.2, 0.25) is 0 Å². The van der Waals surface area contributed by atoms with E-state index in [1.807, 2.05) is 61.2 Å². The molecule has 0 atom stereocenters. The van der Waals surface area contributed by atoms with E-state index in [1.54, 1.807) is 0 Å². The van der Waals surface area contributed by atoms with Crippen LogP contribution in [0.4, 0.5) is 17.3 Å². The average Bonchev–Trinajstić information content (AvgIpc) is 3.56. The summed E-state index contributed by atoms with van der Waals surface area (Å²) < 4.78 is 2.37. The molecule has 0 radical (unpaired) electrons. The van der Waals surface area contributed by atoms with Crippen LogP contribution in [0.15, 0.2) is 176 Å². The summed E-state index contributed by atoms with van der Waals surface area (Å²) in [6, 6.07) is 53.7. The van der Waals surface area contributed by atoms with E-state index in [1.165, 1.54) is 49.1 Å². The van der Waals surface area contributed by atoms with Crippen LogP contribution in [0.25, 0.3) is 72.3 Å². The summed E-state index contributed by atoms with van der Waals surface area (Å²) in [6.07, 6.45) is 11.7. The molecule has 244 valence electrons. The summed E-state index contributed by atoms with van der Waals surface area (Å²) in [6.45, 7) is 0. The molecule has 10 aromatic rings. The first-order valence-corrected chi connectivity index (χ1v) is 17.4. The number of nitrogens with zero attached hydrogens (tertiary/aromatic N) is 5. The van der Waals surface area contributed by atoms with Crippen molar-refractivity contribution in [2.24, 2.45) is 0 Å². The maximum Gasteiger partial charge on any atom is 0.138 e. The maximum absolute atomic E-state index is 4.62. The quantitative estimate of drug-likeness (QED) is 0.126. The highest BCUT2D eigenvalue weighted by Crippen LogP contribution is 2.41. The van der Waals surface area contributed by atoms with Gasteiger partial charge in [0.05, 0.1) is 11.0 Å². The number of rotatable bonds is 7. The minimum atomic E-state index is 0.824. The zero-order chi connectivity index (χ0) is 34.4. The molecule has 10 rings (SSSR count). The Hall–Kier alpha value is -7.11. The molecule has 0 spiro atoms. The van der Waals surface area contributed by atoms with E-state index in [2.05, 4.69) is 152 Å². The molecular weight excluding hydrogens is 635 g/mol. The lowest BCUT2D eigenvalue weighted by atomic mass is 9.97. The van der Waals surface area contributed by atoms with Gasteiger partial charge in [0.15, 0.2) is 0 Å². The molecule has 0 amide bonds. The first-order chi connectivity index (χ1) is 25.8. The number of hydrogen-bond acceptors (Lipinski definition) is 4. The largest absolute Gasteiger partial charge is 0.309 e. The summed E-state index contributed by atoms with van der Waals surface area (Å²) >= 11 is 0. The van der Waals surface area contributed by atoms with E-state index in [-0.39, 0.29) is 0 Å². The third-order valence-corrected chi connectivity index (χ3v) is 9.89. The van der Waals surface area contributed by atoms with Crippen molar-refractivity contribution < 1.29 is 0 Å². The topological polar surface area (TPSA) is 46.8 Å². The van der Waals surface area contributed by atoms with Gasteiger partial charge >= 0.3 is 0 Å².